The Morgan fingerprint density at radius 2 is 2.00 bits per heavy atom. The molecule has 0 saturated heterocycles. The van der Waals surface area contributed by atoms with Crippen LogP contribution in [0.25, 0.3) is 10.9 Å². The van der Waals surface area contributed by atoms with E-state index in [1.54, 1.807) is 6.20 Å². The molecule has 0 bridgehead atoms. The average molecular weight is 258 g/mol. The number of nitrogens with zero attached hydrogens (tertiary/aromatic N) is 1. The number of aromatic nitrogens is 1. The van der Waals surface area contributed by atoms with Crippen molar-refractivity contribution in [3.63, 3.8) is 0 Å². The van der Waals surface area contributed by atoms with Crippen molar-refractivity contribution in [3.8, 4) is 5.75 Å². The Hall–Kier alpha value is -1.61. The van der Waals surface area contributed by atoms with Crippen molar-refractivity contribution in [1.82, 2.24) is 10.3 Å². The largest absolute Gasteiger partial charge is 0.491 e. The van der Waals surface area contributed by atoms with Gasteiger partial charge in [-0.05, 0) is 18.7 Å². The lowest BCUT2D eigenvalue weighted by molar-refractivity contribution is 0.178. The number of rotatable bonds is 6. The van der Waals surface area contributed by atoms with Crippen LogP contribution in [0.2, 0.25) is 0 Å². The normalized spacial score (nSPS) is 11.7. The fourth-order valence-corrected chi connectivity index (χ4v) is 1.98. The van der Waals surface area contributed by atoms with Gasteiger partial charge in [-0.25, -0.2) is 0 Å². The van der Waals surface area contributed by atoms with Crippen molar-refractivity contribution < 1.29 is 4.74 Å². The topological polar surface area (TPSA) is 34.1 Å². The van der Waals surface area contributed by atoms with Crippen molar-refractivity contribution in [1.29, 1.82) is 0 Å². The third kappa shape index (κ3) is 3.67. The second-order valence-corrected chi connectivity index (χ2v) is 5.56. The van der Waals surface area contributed by atoms with Crippen LogP contribution in [0.1, 0.15) is 20.8 Å². The van der Waals surface area contributed by atoms with E-state index in [1.165, 1.54) is 0 Å². The standard InChI is InChI=1S/C16H22N2O/c1-4-17-11-16(2,3)12-19-14-9-5-7-13-8-6-10-18-15(13)14/h5-10,17H,4,11-12H2,1-3H3. The van der Waals surface area contributed by atoms with Gasteiger partial charge in [0.05, 0.1) is 6.61 Å². The first-order chi connectivity index (χ1) is 9.12. The van der Waals surface area contributed by atoms with Gasteiger partial charge < -0.3 is 10.1 Å². The zero-order valence-electron chi connectivity index (χ0n) is 11.9. The molecule has 0 amide bonds. The Morgan fingerprint density at radius 1 is 1.21 bits per heavy atom. The summed E-state index contributed by atoms with van der Waals surface area (Å²) in [4.78, 5) is 4.40. The Kier molecular flexibility index (Phi) is 4.38. The summed E-state index contributed by atoms with van der Waals surface area (Å²) in [6, 6.07) is 10.1. The van der Waals surface area contributed by atoms with Crippen LogP contribution >= 0.6 is 0 Å². The molecule has 0 spiro atoms. The number of benzene rings is 1. The van der Waals surface area contributed by atoms with Crippen molar-refractivity contribution in [2.75, 3.05) is 19.7 Å². The van der Waals surface area contributed by atoms with Crippen molar-refractivity contribution in [3.05, 3.63) is 36.5 Å². The lowest BCUT2D eigenvalue weighted by atomic mass is 9.95. The molecule has 0 radical (unpaired) electrons. The molecule has 2 rings (SSSR count). The monoisotopic (exact) mass is 258 g/mol. The van der Waals surface area contributed by atoms with E-state index in [4.69, 9.17) is 4.74 Å². The molecule has 19 heavy (non-hydrogen) atoms. The summed E-state index contributed by atoms with van der Waals surface area (Å²) in [5.74, 6) is 0.864. The van der Waals surface area contributed by atoms with Crippen LogP contribution in [0.15, 0.2) is 36.5 Å². The molecule has 0 unspecified atom stereocenters. The van der Waals surface area contributed by atoms with Gasteiger partial charge in [-0.15, -0.1) is 0 Å². The van der Waals surface area contributed by atoms with Gasteiger partial charge in [0.15, 0.2) is 0 Å². The van der Waals surface area contributed by atoms with E-state index in [9.17, 15) is 0 Å². The van der Waals surface area contributed by atoms with E-state index in [1.807, 2.05) is 18.2 Å². The van der Waals surface area contributed by atoms with E-state index in [-0.39, 0.29) is 5.41 Å². The number of hydrogen-bond acceptors (Lipinski definition) is 3. The fourth-order valence-electron chi connectivity index (χ4n) is 1.98. The molecule has 102 valence electrons. The van der Waals surface area contributed by atoms with Crippen LogP contribution < -0.4 is 10.1 Å². The lowest BCUT2D eigenvalue weighted by Crippen LogP contribution is -2.34. The summed E-state index contributed by atoms with van der Waals surface area (Å²) < 4.78 is 5.98. The zero-order chi connectivity index (χ0) is 13.7. The highest BCUT2D eigenvalue weighted by Crippen LogP contribution is 2.25. The van der Waals surface area contributed by atoms with Crippen LogP contribution in [-0.4, -0.2) is 24.7 Å². The second-order valence-electron chi connectivity index (χ2n) is 5.56. The molecule has 0 fully saturated rings. The first-order valence-electron chi connectivity index (χ1n) is 6.80. The molecule has 1 aromatic carbocycles. The maximum atomic E-state index is 5.98. The van der Waals surface area contributed by atoms with Gasteiger partial charge in [0.2, 0.25) is 0 Å². The second kappa shape index (κ2) is 6.02. The van der Waals surface area contributed by atoms with E-state index in [2.05, 4.69) is 43.2 Å². The number of para-hydroxylation sites is 1. The predicted octanol–water partition coefficient (Wildman–Crippen LogP) is 3.25. The van der Waals surface area contributed by atoms with Gasteiger partial charge in [0.1, 0.15) is 11.3 Å². The summed E-state index contributed by atoms with van der Waals surface area (Å²) in [7, 11) is 0. The highest BCUT2D eigenvalue weighted by Gasteiger charge is 2.18. The van der Waals surface area contributed by atoms with Crippen LogP contribution in [0, 0.1) is 5.41 Å². The highest BCUT2D eigenvalue weighted by molar-refractivity contribution is 5.84. The van der Waals surface area contributed by atoms with E-state index < -0.39 is 0 Å². The first-order valence-corrected chi connectivity index (χ1v) is 6.80. The van der Waals surface area contributed by atoms with Gasteiger partial charge in [-0.3, -0.25) is 4.98 Å². The minimum absolute atomic E-state index is 0.104. The molecular weight excluding hydrogens is 236 g/mol. The number of nitrogens with one attached hydrogen (secondary N) is 1. The van der Waals surface area contributed by atoms with Crippen molar-refractivity contribution in [2.45, 2.75) is 20.8 Å². The molecule has 0 aliphatic carbocycles. The molecule has 0 aliphatic rings. The van der Waals surface area contributed by atoms with Crippen LogP contribution in [0.5, 0.6) is 5.75 Å². The quantitative estimate of drug-likeness (QED) is 0.863. The molecular formula is C16H22N2O. The van der Waals surface area contributed by atoms with Crippen LogP contribution in [-0.2, 0) is 0 Å². The number of fused-ring (bicyclic) bond motifs is 1. The van der Waals surface area contributed by atoms with E-state index in [0.717, 1.165) is 29.7 Å². The third-order valence-electron chi connectivity index (χ3n) is 3.07. The Labute approximate surface area is 115 Å². The maximum absolute atomic E-state index is 5.98. The van der Waals surface area contributed by atoms with Gasteiger partial charge >= 0.3 is 0 Å². The maximum Gasteiger partial charge on any atom is 0.145 e. The van der Waals surface area contributed by atoms with Gasteiger partial charge in [0, 0.05) is 23.5 Å². The summed E-state index contributed by atoms with van der Waals surface area (Å²) in [5, 5.41) is 4.48. The molecule has 3 nitrogen and oxygen atoms in total. The summed E-state index contributed by atoms with van der Waals surface area (Å²) in [6.07, 6.45) is 1.80. The molecule has 0 atom stereocenters. The summed E-state index contributed by atoms with van der Waals surface area (Å²) in [6.45, 7) is 9.13. The number of pyridine rings is 1. The molecule has 1 N–H and O–H groups in total. The number of ether oxygens (including phenoxy) is 1. The first kappa shape index (κ1) is 13.8. The van der Waals surface area contributed by atoms with Gasteiger partial charge in [0.25, 0.3) is 0 Å². The Morgan fingerprint density at radius 3 is 2.79 bits per heavy atom. The van der Waals surface area contributed by atoms with Crippen LogP contribution in [0.4, 0.5) is 0 Å². The minimum Gasteiger partial charge on any atom is -0.491 e. The van der Waals surface area contributed by atoms with Crippen molar-refractivity contribution >= 4 is 10.9 Å². The Bertz CT molecular complexity index is 532. The fraction of sp³-hybridized carbons (Fsp3) is 0.438. The highest BCUT2D eigenvalue weighted by atomic mass is 16.5. The lowest BCUT2D eigenvalue weighted by Gasteiger charge is -2.25. The molecule has 0 aliphatic heterocycles. The zero-order valence-corrected chi connectivity index (χ0v) is 11.9. The molecule has 0 saturated carbocycles. The SMILES string of the molecule is CCNCC(C)(C)COc1cccc2cccnc12. The average Bonchev–Trinajstić information content (AvgIpc) is 2.43. The smallest absolute Gasteiger partial charge is 0.145 e. The molecule has 1 aromatic heterocycles. The van der Waals surface area contributed by atoms with E-state index in [0.29, 0.717) is 6.61 Å². The van der Waals surface area contributed by atoms with Crippen LogP contribution in [0.3, 0.4) is 0 Å². The van der Waals surface area contributed by atoms with E-state index >= 15 is 0 Å². The van der Waals surface area contributed by atoms with Gasteiger partial charge in [-0.1, -0.05) is 39.0 Å². The van der Waals surface area contributed by atoms with Crippen molar-refractivity contribution in [2.24, 2.45) is 5.41 Å². The predicted molar refractivity (Wildman–Crippen MR) is 79.6 cm³/mol. The Balaban J connectivity index is 2.09. The summed E-state index contributed by atoms with van der Waals surface area (Å²) in [5.41, 5.74) is 1.04. The number of hydrogen-bond donors (Lipinski definition) is 1. The minimum atomic E-state index is 0.104. The molecule has 2 aromatic rings. The summed E-state index contributed by atoms with van der Waals surface area (Å²) >= 11 is 0. The third-order valence-corrected chi connectivity index (χ3v) is 3.07. The van der Waals surface area contributed by atoms with Gasteiger partial charge in [-0.2, -0.15) is 0 Å². The molecule has 3 heteroatoms. The molecule has 1 heterocycles.